The minimum absolute atomic E-state index is 0.334. The first-order valence-electron chi connectivity index (χ1n) is 11.4. The number of nitrogens with zero attached hydrogens (tertiary/aromatic N) is 4. The van der Waals surface area contributed by atoms with E-state index < -0.39 is 11.8 Å². The molecule has 0 radical (unpaired) electrons. The van der Waals surface area contributed by atoms with Gasteiger partial charge in [-0.1, -0.05) is 12.2 Å². The SMILES string of the molecule is CCn1nc(C)cc1C(=O)Nc1nc2cc(C(N)=O)sc2n1C/C=C/CNc1ccc(C(N)=O)cc1N. The van der Waals surface area contributed by atoms with Crippen LogP contribution in [0.15, 0.2) is 42.5 Å². The maximum atomic E-state index is 13.0. The third-order valence-electron chi connectivity index (χ3n) is 5.52. The molecular formula is C24H27N9O3S. The highest BCUT2D eigenvalue weighted by atomic mass is 32.1. The molecule has 0 spiro atoms. The average molecular weight is 522 g/mol. The number of rotatable bonds is 10. The summed E-state index contributed by atoms with van der Waals surface area (Å²) in [4.78, 5) is 41.6. The Morgan fingerprint density at radius 2 is 1.89 bits per heavy atom. The van der Waals surface area contributed by atoms with Crippen LogP contribution in [0, 0.1) is 6.92 Å². The molecule has 37 heavy (non-hydrogen) atoms. The molecule has 0 saturated carbocycles. The van der Waals surface area contributed by atoms with E-state index in [2.05, 4.69) is 20.7 Å². The molecule has 0 aliphatic heterocycles. The molecule has 0 fully saturated rings. The summed E-state index contributed by atoms with van der Waals surface area (Å²) < 4.78 is 3.43. The minimum Gasteiger partial charge on any atom is -0.397 e. The maximum Gasteiger partial charge on any atom is 0.276 e. The molecule has 0 saturated heterocycles. The molecule has 13 heteroatoms. The highest BCUT2D eigenvalue weighted by Gasteiger charge is 2.20. The van der Waals surface area contributed by atoms with Crippen molar-refractivity contribution >= 4 is 56.7 Å². The van der Waals surface area contributed by atoms with Gasteiger partial charge in [-0.25, -0.2) is 4.98 Å². The number of carbonyl (C=O) groups excluding carboxylic acids is 3. The number of allylic oxidation sites excluding steroid dienone is 1. The Morgan fingerprint density at radius 3 is 2.57 bits per heavy atom. The van der Waals surface area contributed by atoms with Crippen molar-refractivity contribution in [3.05, 3.63) is 64.3 Å². The van der Waals surface area contributed by atoms with E-state index in [1.165, 1.54) is 17.4 Å². The fraction of sp³-hybridized carbons (Fsp3) is 0.208. The number of primary amides is 2. The lowest BCUT2D eigenvalue weighted by Gasteiger charge is -2.09. The molecule has 3 heterocycles. The molecule has 4 aromatic rings. The molecule has 0 aliphatic rings. The molecule has 0 bridgehead atoms. The van der Waals surface area contributed by atoms with Crippen molar-refractivity contribution in [3.63, 3.8) is 0 Å². The van der Waals surface area contributed by atoms with Gasteiger partial charge in [-0.15, -0.1) is 11.3 Å². The van der Waals surface area contributed by atoms with Crippen LogP contribution in [0.4, 0.5) is 17.3 Å². The van der Waals surface area contributed by atoms with Crippen LogP contribution in [0.5, 0.6) is 0 Å². The zero-order valence-electron chi connectivity index (χ0n) is 20.3. The van der Waals surface area contributed by atoms with E-state index in [4.69, 9.17) is 17.2 Å². The lowest BCUT2D eigenvalue weighted by molar-refractivity contribution is 0.0993. The van der Waals surface area contributed by atoms with Gasteiger partial charge in [0.1, 0.15) is 16.0 Å². The van der Waals surface area contributed by atoms with Crippen molar-refractivity contribution < 1.29 is 14.4 Å². The number of hydrogen-bond acceptors (Lipinski definition) is 8. The number of fused-ring (bicyclic) bond motifs is 1. The molecule has 3 aromatic heterocycles. The number of anilines is 3. The van der Waals surface area contributed by atoms with E-state index in [0.29, 0.717) is 63.4 Å². The fourth-order valence-electron chi connectivity index (χ4n) is 3.75. The largest absolute Gasteiger partial charge is 0.397 e. The lowest BCUT2D eigenvalue weighted by atomic mass is 10.1. The van der Waals surface area contributed by atoms with E-state index >= 15 is 0 Å². The van der Waals surface area contributed by atoms with Gasteiger partial charge < -0.3 is 22.5 Å². The minimum atomic E-state index is -0.546. The van der Waals surface area contributed by atoms with Gasteiger partial charge in [0.15, 0.2) is 0 Å². The highest BCUT2D eigenvalue weighted by molar-refractivity contribution is 7.20. The quantitative estimate of drug-likeness (QED) is 0.156. The number of amides is 3. The summed E-state index contributed by atoms with van der Waals surface area (Å²) in [6, 6.07) is 8.13. The molecule has 0 atom stereocenters. The number of nitrogens with one attached hydrogen (secondary N) is 2. The van der Waals surface area contributed by atoms with Crippen LogP contribution in [-0.2, 0) is 13.1 Å². The second-order valence-electron chi connectivity index (χ2n) is 8.17. The van der Waals surface area contributed by atoms with Crippen LogP contribution in [0.2, 0.25) is 0 Å². The van der Waals surface area contributed by atoms with Gasteiger partial charge in [0.05, 0.1) is 21.9 Å². The number of aryl methyl sites for hydroxylation is 2. The topological polar surface area (TPSA) is 189 Å². The number of carbonyl (C=O) groups is 3. The molecule has 4 rings (SSSR count). The van der Waals surface area contributed by atoms with Gasteiger partial charge in [0, 0.05) is 25.2 Å². The van der Waals surface area contributed by atoms with Crippen molar-refractivity contribution in [1.29, 1.82) is 0 Å². The number of hydrogen-bond donors (Lipinski definition) is 5. The standard InChI is InChI=1S/C24H27N9O3S/c1-3-33-18(10-13(2)31-33)22(36)30-24-29-17-12-19(21(27)35)37-23(17)32(24)9-5-4-8-28-16-7-6-14(20(26)34)11-15(16)25/h4-7,10-12,28H,3,8-9,25H2,1-2H3,(H2,26,34)(H2,27,35)(H,29,30,36)/b5-4+. The van der Waals surface area contributed by atoms with Crippen LogP contribution >= 0.6 is 11.3 Å². The molecule has 192 valence electrons. The molecule has 8 N–H and O–H groups in total. The smallest absolute Gasteiger partial charge is 0.276 e. The second-order valence-corrected chi connectivity index (χ2v) is 9.20. The van der Waals surface area contributed by atoms with Crippen LogP contribution in [0.3, 0.4) is 0 Å². The number of nitrogens with two attached hydrogens (primary N) is 3. The molecule has 1 aromatic carbocycles. The van der Waals surface area contributed by atoms with Gasteiger partial charge in [-0.2, -0.15) is 5.10 Å². The van der Waals surface area contributed by atoms with Gasteiger partial charge in [-0.05, 0) is 44.2 Å². The highest BCUT2D eigenvalue weighted by Crippen LogP contribution is 2.29. The average Bonchev–Trinajstić information content (AvgIpc) is 3.52. The summed E-state index contributed by atoms with van der Waals surface area (Å²) in [6.07, 6.45) is 3.78. The summed E-state index contributed by atoms with van der Waals surface area (Å²) in [7, 11) is 0. The van der Waals surface area contributed by atoms with Crippen molar-refractivity contribution in [2.24, 2.45) is 11.5 Å². The number of aromatic nitrogens is 4. The van der Waals surface area contributed by atoms with Gasteiger partial charge in [0.25, 0.3) is 11.8 Å². The first-order valence-corrected chi connectivity index (χ1v) is 12.2. The predicted octanol–water partition coefficient (Wildman–Crippen LogP) is 2.32. The van der Waals surface area contributed by atoms with E-state index in [0.717, 1.165) is 5.69 Å². The van der Waals surface area contributed by atoms with Gasteiger partial charge in [0.2, 0.25) is 11.9 Å². The summed E-state index contributed by atoms with van der Waals surface area (Å²) in [5, 5.41) is 10.4. The van der Waals surface area contributed by atoms with E-state index in [1.807, 2.05) is 26.0 Å². The van der Waals surface area contributed by atoms with Crippen LogP contribution in [0.25, 0.3) is 10.3 Å². The zero-order chi connectivity index (χ0) is 26.7. The first-order chi connectivity index (χ1) is 17.7. The number of imidazole rings is 1. The number of nitrogen functional groups attached to an aromatic ring is 1. The number of thiophene rings is 1. The summed E-state index contributed by atoms with van der Waals surface area (Å²) in [5.74, 6) is -1.08. The molecule has 3 amide bonds. The Balaban J connectivity index is 1.52. The molecule has 0 aliphatic carbocycles. The molecule has 0 unspecified atom stereocenters. The van der Waals surface area contributed by atoms with Crippen molar-refractivity contribution in [3.8, 4) is 0 Å². The zero-order valence-corrected chi connectivity index (χ0v) is 21.1. The Morgan fingerprint density at radius 1 is 1.11 bits per heavy atom. The van der Waals surface area contributed by atoms with E-state index in [-0.39, 0.29) is 5.91 Å². The van der Waals surface area contributed by atoms with Crippen LogP contribution < -0.4 is 27.8 Å². The first kappa shape index (κ1) is 25.4. The van der Waals surface area contributed by atoms with Crippen molar-refractivity contribution in [2.75, 3.05) is 22.9 Å². The monoisotopic (exact) mass is 521 g/mol. The van der Waals surface area contributed by atoms with Crippen molar-refractivity contribution in [2.45, 2.75) is 26.9 Å². The normalized spacial score (nSPS) is 11.3. The molecular weight excluding hydrogens is 494 g/mol. The maximum absolute atomic E-state index is 13.0. The lowest BCUT2D eigenvalue weighted by Crippen LogP contribution is -2.20. The summed E-state index contributed by atoms with van der Waals surface area (Å²) in [5.41, 5.74) is 19.8. The summed E-state index contributed by atoms with van der Waals surface area (Å²) >= 11 is 1.21. The predicted molar refractivity (Wildman–Crippen MR) is 144 cm³/mol. The number of benzene rings is 1. The Kier molecular flexibility index (Phi) is 7.25. The van der Waals surface area contributed by atoms with E-state index in [9.17, 15) is 14.4 Å². The Labute approximate surface area is 216 Å². The van der Waals surface area contributed by atoms with Crippen LogP contribution in [0.1, 0.15) is 43.1 Å². The molecule has 12 nitrogen and oxygen atoms in total. The third kappa shape index (κ3) is 5.46. The van der Waals surface area contributed by atoms with Gasteiger partial charge in [-0.3, -0.25) is 28.9 Å². The third-order valence-corrected chi connectivity index (χ3v) is 6.69. The Bertz CT molecular complexity index is 1530. The second kappa shape index (κ2) is 10.5. The van der Waals surface area contributed by atoms with Crippen molar-refractivity contribution in [1.82, 2.24) is 19.3 Å². The van der Waals surface area contributed by atoms with Gasteiger partial charge >= 0.3 is 0 Å². The van der Waals surface area contributed by atoms with Crippen LogP contribution in [-0.4, -0.2) is 43.6 Å². The fourth-order valence-corrected chi connectivity index (χ4v) is 4.71. The summed E-state index contributed by atoms with van der Waals surface area (Å²) in [6.45, 7) is 5.10. The Hall–Kier alpha value is -4.65. The van der Waals surface area contributed by atoms with E-state index in [1.54, 1.807) is 33.5 Å².